The molecular formula is C8H5BrClFO2. The van der Waals surface area contributed by atoms with Crippen molar-refractivity contribution in [3.8, 4) is 5.75 Å². The first kappa shape index (κ1) is 10.5. The van der Waals surface area contributed by atoms with Crippen LogP contribution in [0.2, 0.25) is 5.02 Å². The van der Waals surface area contributed by atoms with Gasteiger partial charge in [-0.3, -0.25) is 4.79 Å². The van der Waals surface area contributed by atoms with Gasteiger partial charge >= 0.3 is 5.97 Å². The van der Waals surface area contributed by atoms with E-state index in [1.165, 1.54) is 13.0 Å². The minimum Gasteiger partial charge on any atom is -0.425 e. The van der Waals surface area contributed by atoms with E-state index >= 15 is 0 Å². The normalized spacial score (nSPS) is 9.85. The summed E-state index contributed by atoms with van der Waals surface area (Å²) >= 11 is 8.56. The Morgan fingerprint density at radius 2 is 2.23 bits per heavy atom. The van der Waals surface area contributed by atoms with Crippen LogP contribution in [0.25, 0.3) is 0 Å². The van der Waals surface area contributed by atoms with E-state index in [9.17, 15) is 9.18 Å². The van der Waals surface area contributed by atoms with Crippen molar-refractivity contribution >= 4 is 33.5 Å². The number of carbonyl (C=O) groups is 1. The molecule has 2 nitrogen and oxygen atoms in total. The molecule has 5 heteroatoms. The number of hydrogen-bond acceptors (Lipinski definition) is 2. The van der Waals surface area contributed by atoms with Crippen molar-refractivity contribution in [2.24, 2.45) is 0 Å². The molecule has 0 bridgehead atoms. The minimum absolute atomic E-state index is 0.0252. The lowest BCUT2D eigenvalue weighted by Crippen LogP contribution is -2.02. The van der Waals surface area contributed by atoms with Crippen molar-refractivity contribution in [1.29, 1.82) is 0 Å². The summed E-state index contributed by atoms with van der Waals surface area (Å²) in [6, 6.07) is 2.38. The van der Waals surface area contributed by atoms with E-state index in [1.54, 1.807) is 0 Å². The van der Waals surface area contributed by atoms with Crippen molar-refractivity contribution in [3.05, 3.63) is 27.4 Å². The first-order valence-corrected chi connectivity index (χ1v) is 4.50. The number of carbonyl (C=O) groups excluding carboxylic acids is 1. The Morgan fingerprint density at radius 3 is 2.77 bits per heavy atom. The fraction of sp³-hybridized carbons (Fsp3) is 0.125. The van der Waals surface area contributed by atoms with Gasteiger partial charge in [0, 0.05) is 13.0 Å². The van der Waals surface area contributed by atoms with Crippen LogP contribution >= 0.6 is 27.5 Å². The van der Waals surface area contributed by atoms with Crippen LogP contribution in [0.4, 0.5) is 4.39 Å². The van der Waals surface area contributed by atoms with Gasteiger partial charge in [-0.25, -0.2) is 4.39 Å². The summed E-state index contributed by atoms with van der Waals surface area (Å²) < 4.78 is 18.0. The van der Waals surface area contributed by atoms with Crippen molar-refractivity contribution in [2.75, 3.05) is 0 Å². The maximum Gasteiger partial charge on any atom is 0.308 e. The van der Waals surface area contributed by atoms with Crippen LogP contribution in [0.5, 0.6) is 5.75 Å². The van der Waals surface area contributed by atoms with Gasteiger partial charge in [0.15, 0.2) is 0 Å². The molecule has 0 fully saturated rings. The molecule has 1 aromatic rings. The molecule has 0 heterocycles. The lowest BCUT2D eigenvalue weighted by Gasteiger charge is -2.04. The second-order valence-electron chi connectivity index (χ2n) is 2.29. The zero-order valence-corrected chi connectivity index (χ0v) is 8.95. The smallest absolute Gasteiger partial charge is 0.308 e. The fourth-order valence-electron chi connectivity index (χ4n) is 0.737. The maximum atomic E-state index is 12.9. The highest BCUT2D eigenvalue weighted by molar-refractivity contribution is 9.10. The predicted molar refractivity (Wildman–Crippen MR) is 50.4 cm³/mol. The van der Waals surface area contributed by atoms with Crippen LogP contribution in [0.1, 0.15) is 6.92 Å². The Balaban J connectivity index is 3.08. The first-order chi connectivity index (χ1) is 6.00. The highest BCUT2D eigenvalue weighted by Gasteiger charge is 2.09. The van der Waals surface area contributed by atoms with E-state index in [4.69, 9.17) is 16.3 Å². The SMILES string of the molecule is CC(=O)Oc1cc(F)c(Cl)cc1Br. The third-order valence-corrected chi connectivity index (χ3v) is 2.14. The van der Waals surface area contributed by atoms with Crippen LogP contribution in [-0.2, 0) is 4.79 Å². The molecule has 0 amide bonds. The third-order valence-electron chi connectivity index (χ3n) is 1.23. The molecule has 0 saturated carbocycles. The predicted octanol–water partition coefficient (Wildman–Crippen LogP) is 3.17. The Bertz CT molecular complexity index is 354. The van der Waals surface area contributed by atoms with Crippen molar-refractivity contribution < 1.29 is 13.9 Å². The summed E-state index contributed by atoms with van der Waals surface area (Å²) in [5, 5.41) is -0.0252. The van der Waals surface area contributed by atoms with E-state index in [2.05, 4.69) is 15.9 Å². The Labute approximate surface area is 87.8 Å². The van der Waals surface area contributed by atoms with Gasteiger partial charge in [0.25, 0.3) is 0 Å². The molecule has 0 radical (unpaired) electrons. The second kappa shape index (κ2) is 4.07. The van der Waals surface area contributed by atoms with E-state index in [0.717, 1.165) is 6.07 Å². The first-order valence-electron chi connectivity index (χ1n) is 3.33. The molecule has 0 N–H and O–H groups in total. The minimum atomic E-state index is -0.624. The van der Waals surface area contributed by atoms with E-state index in [1.807, 2.05) is 0 Å². The lowest BCUT2D eigenvalue weighted by atomic mass is 10.3. The topological polar surface area (TPSA) is 26.3 Å². The van der Waals surface area contributed by atoms with Crippen LogP contribution in [0, 0.1) is 5.82 Å². The summed E-state index contributed by atoms with van der Waals surface area (Å²) in [7, 11) is 0. The van der Waals surface area contributed by atoms with Crippen LogP contribution in [0.3, 0.4) is 0 Å². The fourth-order valence-corrected chi connectivity index (χ4v) is 1.46. The molecule has 1 aromatic carbocycles. The number of halogens is 3. The Kier molecular flexibility index (Phi) is 3.27. The summed E-state index contributed by atoms with van der Waals surface area (Å²) in [6.45, 7) is 1.24. The lowest BCUT2D eigenvalue weighted by molar-refractivity contribution is -0.131. The summed E-state index contributed by atoms with van der Waals surface area (Å²) in [4.78, 5) is 10.6. The molecule has 0 atom stereocenters. The monoisotopic (exact) mass is 266 g/mol. The zero-order chi connectivity index (χ0) is 10.0. The number of benzene rings is 1. The average Bonchev–Trinajstić information content (AvgIpc) is 1.99. The maximum absolute atomic E-state index is 12.9. The van der Waals surface area contributed by atoms with Crippen LogP contribution < -0.4 is 4.74 Å². The average molecular weight is 267 g/mol. The van der Waals surface area contributed by atoms with Crippen LogP contribution in [0.15, 0.2) is 16.6 Å². The standard InChI is InChI=1S/C8H5BrClFO2/c1-4(12)13-8-3-7(11)6(10)2-5(8)9/h2-3H,1H3. The molecule has 0 spiro atoms. The second-order valence-corrected chi connectivity index (χ2v) is 3.55. The molecule has 13 heavy (non-hydrogen) atoms. The van der Waals surface area contributed by atoms with Crippen molar-refractivity contribution in [1.82, 2.24) is 0 Å². The molecule has 0 aliphatic heterocycles. The van der Waals surface area contributed by atoms with E-state index in [0.29, 0.717) is 4.47 Å². The Hall–Kier alpha value is -0.610. The number of esters is 1. The third kappa shape index (κ3) is 2.67. The summed E-state index contributed by atoms with van der Waals surface area (Å²) in [5.74, 6) is -1.02. The van der Waals surface area contributed by atoms with Crippen molar-refractivity contribution in [3.63, 3.8) is 0 Å². The van der Waals surface area contributed by atoms with Gasteiger partial charge in [-0.2, -0.15) is 0 Å². The molecule has 0 aromatic heterocycles. The van der Waals surface area contributed by atoms with Gasteiger partial charge in [0.2, 0.25) is 0 Å². The summed E-state index contributed by atoms with van der Waals surface area (Å²) in [6.07, 6.45) is 0. The quantitative estimate of drug-likeness (QED) is 0.444. The molecule has 0 aliphatic rings. The molecule has 1 rings (SSSR count). The molecule has 0 aliphatic carbocycles. The molecular weight excluding hydrogens is 262 g/mol. The highest BCUT2D eigenvalue weighted by atomic mass is 79.9. The van der Waals surface area contributed by atoms with Gasteiger partial charge in [-0.1, -0.05) is 11.6 Å². The van der Waals surface area contributed by atoms with Gasteiger partial charge in [0.1, 0.15) is 11.6 Å². The van der Waals surface area contributed by atoms with Gasteiger partial charge in [0.05, 0.1) is 9.50 Å². The van der Waals surface area contributed by atoms with Gasteiger partial charge in [-0.15, -0.1) is 0 Å². The molecule has 0 unspecified atom stereocenters. The van der Waals surface area contributed by atoms with Gasteiger partial charge in [-0.05, 0) is 22.0 Å². The van der Waals surface area contributed by atoms with E-state index in [-0.39, 0.29) is 10.8 Å². The molecule has 70 valence electrons. The molecule has 0 saturated heterocycles. The van der Waals surface area contributed by atoms with Crippen LogP contribution in [-0.4, -0.2) is 5.97 Å². The largest absolute Gasteiger partial charge is 0.425 e. The Morgan fingerprint density at radius 1 is 1.62 bits per heavy atom. The van der Waals surface area contributed by atoms with Gasteiger partial charge < -0.3 is 4.74 Å². The number of rotatable bonds is 1. The number of hydrogen-bond donors (Lipinski definition) is 0. The van der Waals surface area contributed by atoms with E-state index < -0.39 is 11.8 Å². The number of ether oxygens (including phenoxy) is 1. The zero-order valence-electron chi connectivity index (χ0n) is 6.61. The highest BCUT2D eigenvalue weighted by Crippen LogP contribution is 2.30. The van der Waals surface area contributed by atoms with Crippen molar-refractivity contribution in [2.45, 2.75) is 6.92 Å². The summed E-state index contributed by atoms with van der Waals surface area (Å²) in [5.41, 5.74) is 0.